The maximum absolute atomic E-state index is 12.3. The van der Waals surface area contributed by atoms with Gasteiger partial charge in [0.1, 0.15) is 5.75 Å². The number of hydrogen-bond acceptors (Lipinski definition) is 6. The lowest BCUT2D eigenvalue weighted by molar-refractivity contribution is 0.415. The lowest BCUT2D eigenvalue weighted by Crippen LogP contribution is -2.13. The van der Waals surface area contributed by atoms with Crippen molar-refractivity contribution in [3.8, 4) is 17.2 Å². The van der Waals surface area contributed by atoms with E-state index in [1.54, 1.807) is 43.5 Å². The molecule has 124 valence electrons. The number of methoxy groups -OCH3 is 1. The van der Waals surface area contributed by atoms with E-state index in [9.17, 15) is 8.42 Å². The van der Waals surface area contributed by atoms with E-state index < -0.39 is 10.0 Å². The molecule has 0 radical (unpaired) electrons. The second-order valence-electron chi connectivity index (χ2n) is 5.06. The molecule has 1 N–H and O–H groups in total. The van der Waals surface area contributed by atoms with Gasteiger partial charge in [-0.15, -0.1) is 5.10 Å². The Hall–Kier alpha value is -2.87. The standard InChI is InChI=1S/C16H15N3O4S/c1-11-3-9-14(10-4-11)24(20,21)19-16-18-17-15(23-16)12-5-7-13(22-2)8-6-12/h3-10H,1-2H3,(H,18,19). The van der Waals surface area contributed by atoms with Crippen LogP contribution < -0.4 is 9.46 Å². The number of hydrogen-bond donors (Lipinski definition) is 1. The quantitative estimate of drug-likeness (QED) is 0.764. The number of aryl methyl sites for hydroxylation is 1. The van der Waals surface area contributed by atoms with Crippen molar-refractivity contribution in [3.63, 3.8) is 0 Å². The fourth-order valence-electron chi connectivity index (χ4n) is 2.01. The Kier molecular flexibility index (Phi) is 4.22. The highest BCUT2D eigenvalue weighted by Gasteiger charge is 2.18. The van der Waals surface area contributed by atoms with Crippen LogP contribution in [0.3, 0.4) is 0 Å². The van der Waals surface area contributed by atoms with Gasteiger partial charge in [-0.3, -0.25) is 0 Å². The van der Waals surface area contributed by atoms with Gasteiger partial charge in [-0.2, -0.15) is 0 Å². The van der Waals surface area contributed by atoms with E-state index in [1.165, 1.54) is 12.1 Å². The molecule has 1 heterocycles. The van der Waals surface area contributed by atoms with Crippen LogP contribution in [-0.4, -0.2) is 25.7 Å². The summed E-state index contributed by atoms with van der Waals surface area (Å²) in [5, 5.41) is 7.57. The molecule has 0 atom stereocenters. The zero-order valence-corrected chi connectivity index (χ0v) is 13.9. The fraction of sp³-hybridized carbons (Fsp3) is 0.125. The lowest BCUT2D eigenvalue weighted by atomic mass is 10.2. The molecule has 0 amide bonds. The summed E-state index contributed by atoms with van der Waals surface area (Å²) >= 11 is 0. The van der Waals surface area contributed by atoms with Gasteiger partial charge in [0, 0.05) is 5.56 Å². The van der Waals surface area contributed by atoms with E-state index in [1.807, 2.05) is 6.92 Å². The number of benzene rings is 2. The molecule has 0 unspecified atom stereocenters. The van der Waals surface area contributed by atoms with Gasteiger partial charge in [0.15, 0.2) is 0 Å². The highest BCUT2D eigenvalue weighted by molar-refractivity contribution is 7.92. The first-order chi connectivity index (χ1) is 11.5. The van der Waals surface area contributed by atoms with E-state index in [2.05, 4.69) is 14.9 Å². The largest absolute Gasteiger partial charge is 0.497 e. The molecule has 3 aromatic rings. The van der Waals surface area contributed by atoms with Gasteiger partial charge in [0.05, 0.1) is 12.0 Å². The maximum atomic E-state index is 12.3. The normalized spacial score (nSPS) is 11.2. The summed E-state index contributed by atoms with van der Waals surface area (Å²) in [6.45, 7) is 1.88. The Balaban J connectivity index is 1.81. The Labute approximate surface area is 139 Å². The maximum Gasteiger partial charge on any atom is 0.330 e. The minimum absolute atomic E-state index is 0.122. The summed E-state index contributed by atoms with van der Waals surface area (Å²) in [6.07, 6.45) is 0. The van der Waals surface area contributed by atoms with Crippen molar-refractivity contribution in [2.24, 2.45) is 0 Å². The first-order valence-corrected chi connectivity index (χ1v) is 8.54. The summed E-state index contributed by atoms with van der Waals surface area (Å²) in [4.78, 5) is 0.122. The number of rotatable bonds is 5. The number of anilines is 1. The van der Waals surface area contributed by atoms with Gasteiger partial charge < -0.3 is 9.15 Å². The van der Waals surface area contributed by atoms with Crippen molar-refractivity contribution in [1.82, 2.24) is 10.2 Å². The zero-order valence-electron chi connectivity index (χ0n) is 13.1. The van der Waals surface area contributed by atoms with Crippen molar-refractivity contribution in [1.29, 1.82) is 0 Å². The Morgan fingerprint density at radius 1 is 1.00 bits per heavy atom. The number of nitrogens with one attached hydrogen (secondary N) is 1. The van der Waals surface area contributed by atoms with E-state index in [0.717, 1.165) is 5.56 Å². The van der Waals surface area contributed by atoms with Crippen LogP contribution >= 0.6 is 0 Å². The lowest BCUT2D eigenvalue weighted by Gasteiger charge is -2.04. The molecule has 3 rings (SSSR count). The van der Waals surface area contributed by atoms with Gasteiger partial charge >= 0.3 is 6.01 Å². The first-order valence-electron chi connectivity index (χ1n) is 7.05. The van der Waals surface area contributed by atoms with E-state index in [4.69, 9.17) is 9.15 Å². The minimum Gasteiger partial charge on any atom is -0.497 e. The second kappa shape index (κ2) is 6.32. The summed E-state index contributed by atoms with van der Waals surface area (Å²) in [6, 6.07) is 13.2. The van der Waals surface area contributed by atoms with Gasteiger partial charge in [0.2, 0.25) is 5.89 Å². The third kappa shape index (κ3) is 3.38. The molecule has 0 fully saturated rings. The number of nitrogens with zero attached hydrogens (tertiary/aromatic N) is 2. The Morgan fingerprint density at radius 3 is 2.29 bits per heavy atom. The van der Waals surface area contributed by atoms with E-state index >= 15 is 0 Å². The average Bonchev–Trinajstić information content (AvgIpc) is 3.03. The van der Waals surface area contributed by atoms with E-state index in [-0.39, 0.29) is 16.8 Å². The zero-order chi connectivity index (χ0) is 17.2. The van der Waals surface area contributed by atoms with Crippen LogP contribution in [0.2, 0.25) is 0 Å². The number of sulfonamides is 1. The smallest absolute Gasteiger partial charge is 0.330 e. The van der Waals surface area contributed by atoms with Crippen LogP contribution in [0.15, 0.2) is 57.8 Å². The van der Waals surface area contributed by atoms with Crippen LogP contribution in [0.25, 0.3) is 11.5 Å². The fourth-order valence-corrected chi connectivity index (χ4v) is 2.93. The van der Waals surface area contributed by atoms with E-state index in [0.29, 0.717) is 11.3 Å². The van der Waals surface area contributed by atoms with Crippen LogP contribution in [0, 0.1) is 6.92 Å². The first kappa shape index (κ1) is 16.0. The third-order valence-corrected chi connectivity index (χ3v) is 4.65. The van der Waals surface area contributed by atoms with Crippen molar-refractivity contribution < 1.29 is 17.6 Å². The van der Waals surface area contributed by atoms with Crippen LogP contribution in [0.1, 0.15) is 5.56 Å². The molecule has 0 aliphatic heterocycles. The summed E-state index contributed by atoms with van der Waals surface area (Å²) in [7, 11) is -2.21. The minimum atomic E-state index is -3.78. The molecule has 0 saturated heterocycles. The van der Waals surface area contributed by atoms with Gasteiger partial charge in [0.25, 0.3) is 10.0 Å². The van der Waals surface area contributed by atoms with Gasteiger partial charge in [-0.25, -0.2) is 13.1 Å². The van der Waals surface area contributed by atoms with Gasteiger partial charge in [-0.05, 0) is 43.3 Å². The molecule has 0 bridgehead atoms. The monoisotopic (exact) mass is 345 g/mol. The van der Waals surface area contributed by atoms with Gasteiger partial charge in [-0.1, -0.05) is 22.8 Å². The predicted molar refractivity (Wildman–Crippen MR) is 88.3 cm³/mol. The molecule has 0 aliphatic carbocycles. The molecular formula is C16H15N3O4S. The van der Waals surface area contributed by atoms with Crippen molar-refractivity contribution in [2.75, 3.05) is 11.8 Å². The molecule has 0 saturated carbocycles. The Morgan fingerprint density at radius 2 is 1.67 bits per heavy atom. The molecule has 24 heavy (non-hydrogen) atoms. The number of aromatic nitrogens is 2. The van der Waals surface area contributed by atoms with Crippen molar-refractivity contribution in [2.45, 2.75) is 11.8 Å². The predicted octanol–water partition coefficient (Wildman–Crippen LogP) is 2.85. The molecular weight excluding hydrogens is 330 g/mol. The molecule has 2 aromatic carbocycles. The Bertz CT molecular complexity index is 932. The van der Waals surface area contributed by atoms with Crippen molar-refractivity contribution >= 4 is 16.0 Å². The molecule has 7 nitrogen and oxygen atoms in total. The molecule has 1 aromatic heterocycles. The van der Waals surface area contributed by atoms with Crippen molar-refractivity contribution in [3.05, 3.63) is 54.1 Å². The second-order valence-corrected chi connectivity index (χ2v) is 6.74. The van der Waals surface area contributed by atoms with Crippen LogP contribution in [0.5, 0.6) is 5.75 Å². The highest BCUT2D eigenvalue weighted by Crippen LogP contribution is 2.23. The molecule has 8 heteroatoms. The SMILES string of the molecule is COc1ccc(-c2nnc(NS(=O)(=O)c3ccc(C)cc3)o2)cc1. The summed E-state index contributed by atoms with van der Waals surface area (Å²) < 4.78 is 37.3. The topological polar surface area (TPSA) is 94.3 Å². The average molecular weight is 345 g/mol. The highest BCUT2D eigenvalue weighted by atomic mass is 32.2. The molecule has 0 aliphatic rings. The van der Waals surface area contributed by atoms with Crippen LogP contribution in [-0.2, 0) is 10.0 Å². The molecule has 0 spiro atoms. The summed E-state index contributed by atoms with van der Waals surface area (Å²) in [5.41, 5.74) is 1.62. The summed E-state index contributed by atoms with van der Waals surface area (Å²) in [5.74, 6) is 0.901. The number of ether oxygens (including phenoxy) is 1. The van der Waals surface area contributed by atoms with Crippen LogP contribution in [0.4, 0.5) is 6.01 Å². The third-order valence-electron chi connectivity index (χ3n) is 3.31.